The smallest absolute Gasteiger partial charge is 0.286 e. The highest BCUT2D eigenvalue weighted by molar-refractivity contribution is 7.33. The maximum absolute atomic E-state index is 13.3. The molecule has 0 saturated carbocycles. The number of rotatable bonds is 10. The monoisotopic (exact) mass is 427 g/mol. The van der Waals surface area contributed by atoms with Crippen molar-refractivity contribution >= 4 is 14.8 Å². The summed E-state index contributed by atoms with van der Waals surface area (Å²) in [5.74, 6) is 0.835. The van der Waals surface area contributed by atoms with Gasteiger partial charge in [-0.3, -0.25) is 4.79 Å². The topological polar surface area (TPSA) is 35.5 Å². The molecular formula is C25H34NO3P. The van der Waals surface area contributed by atoms with Crippen molar-refractivity contribution in [3.63, 3.8) is 0 Å². The molecule has 0 aliphatic carbocycles. The Morgan fingerprint density at radius 3 is 2.17 bits per heavy atom. The third-order valence-corrected chi connectivity index (χ3v) is 7.01. The van der Waals surface area contributed by atoms with Crippen LogP contribution in [0.2, 0.25) is 0 Å². The van der Waals surface area contributed by atoms with Gasteiger partial charge in [0.05, 0.1) is 26.7 Å². The standard InChI is InChI=1S/C25H34NO3P/c1-5-12-19(18-26(4,7-3)17-6-2)30-29-25(27)24-20-13-8-10-15-22(20)28-23-16-11-9-14-21(23)24/h8-11,13-16,19,24H,5-7,12,17-18H2,1-4H3. The number of nitrogens with zero attached hydrogens (tertiary/aromatic N) is 1. The zero-order valence-corrected chi connectivity index (χ0v) is 19.5. The summed E-state index contributed by atoms with van der Waals surface area (Å²) < 4.78 is 13.0. The molecule has 0 fully saturated rings. The number of quaternary nitrogens is 1. The summed E-state index contributed by atoms with van der Waals surface area (Å²) in [5.41, 5.74) is 2.10. The summed E-state index contributed by atoms with van der Waals surface area (Å²) in [6.45, 7) is 9.97. The van der Waals surface area contributed by atoms with Crippen molar-refractivity contribution in [1.82, 2.24) is 0 Å². The van der Waals surface area contributed by atoms with E-state index in [1.54, 1.807) is 0 Å². The summed E-state index contributed by atoms with van der Waals surface area (Å²) in [6.07, 6.45) is 3.32. The molecule has 0 saturated heterocycles. The highest BCUT2D eigenvalue weighted by Crippen LogP contribution is 2.45. The van der Waals surface area contributed by atoms with Crippen LogP contribution in [0.4, 0.5) is 0 Å². The minimum absolute atomic E-state index is 0.192. The van der Waals surface area contributed by atoms with Gasteiger partial charge in [-0.25, -0.2) is 0 Å². The number of ether oxygens (including phenoxy) is 1. The number of carbonyl (C=O) groups is 1. The fraction of sp³-hybridized carbons (Fsp3) is 0.480. The quantitative estimate of drug-likeness (QED) is 0.326. The third kappa shape index (κ3) is 5.22. The minimum atomic E-state index is -0.441. The first kappa shape index (κ1) is 22.8. The predicted molar refractivity (Wildman–Crippen MR) is 123 cm³/mol. The molecule has 30 heavy (non-hydrogen) atoms. The van der Waals surface area contributed by atoms with Crippen LogP contribution in [0.5, 0.6) is 11.5 Å². The molecule has 0 aromatic heterocycles. The zero-order chi connectivity index (χ0) is 21.6. The molecule has 2 atom stereocenters. The molecular weight excluding hydrogens is 393 g/mol. The molecule has 4 nitrogen and oxygen atoms in total. The van der Waals surface area contributed by atoms with Crippen molar-refractivity contribution in [2.75, 3.05) is 26.7 Å². The minimum Gasteiger partial charge on any atom is -0.644 e. The molecule has 3 rings (SSSR count). The largest absolute Gasteiger partial charge is 0.644 e. The van der Waals surface area contributed by atoms with E-state index in [0.717, 1.165) is 74.8 Å². The lowest BCUT2D eigenvalue weighted by molar-refractivity contribution is -0.907. The zero-order valence-electron chi connectivity index (χ0n) is 18.6. The normalized spacial score (nSPS) is 16.4. The first-order chi connectivity index (χ1) is 14.5. The van der Waals surface area contributed by atoms with Crippen LogP contribution >= 0.6 is 8.81 Å². The van der Waals surface area contributed by atoms with Crippen molar-refractivity contribution in [3.8, 4) is 11.5 Å². The highest BCUT2D eigenvalue weighted by atomic mass is 31.1. The van der Waals surface area contributed by atoms with Gasteiger partial charge in [0.1, 0.15) is 17.4 Å². The fourth-order valence-corrected chi connectivity index (χ4v) is 5.46. The molecule has 2 aromatic carbocycles. The summed E-state index contributed by atoms with van der Waals surface area (Å²) in [7, 11) is 3.09. The van der Waals surface area contributed by atoms with Crippen molar-refractivity contribution in [1.29, 1.82) is 0 Å². The number of hydrogen-bond donors (Lipinski definition) is 0. The number of fused-ring (bicyclic) bond motifs is 2. The lowest BCUT2D eigenvalue weighted by Gasteiger charge is -2.41. The second-order valence-electron chi connectivity index (χ2n) is 8.41. The van der Waals surface area contributed by atoms with E-state index in [-0.39, 0.29) is 5.97 Å². The van der Waals surface area contributed by atoms with Crippen molar-refractivity contribution in [2.24, 2.45) is 0 Å². The average Bonchev–Trinajstić information content (AvgIpc) is 2.76. The van der Waals surface area contributed by atoms with Crippen molar-refractivity contribution in [2.45, 2.75) is 51.6 Å². The Bertz CT molecular complexity index is 810. The number of para-hydroxylation sites is 2. The van der Waals surface area contributed by atoms with Gasteiger partial charge < -0.3 is 22.6 Å². The van der Waals surface area contributed by atoms with E-state index in [1.165, 1.54) is 0 Å². The molecule has 0 bridgehead atoms. The first-order valence-electron chi connectivity index (χ1n) is 11.1. The van der Waals surface area contributed by atoms with E-state index < -0.39 is 5.92 Å². The van der Waals surface area contributed by atoms with Crippen LogP contribution in [0.15, 0.2) is 48.5 Å². The second-order valence-corrected chi connectivity index (χ2v) is 9.53. The maximum atomic E-state index is 13.3. The van der Waals surface area contributed by atoms with Crippen molar-refractivity contribution in [3.05, 3.63) is 59.7 Å². The number of hydrogen-bond acceptors (Lipinski definition) is 3. The molecule has 0 amide bonds. The summed E-state index contributed by atoms with van der Waals surface area (Å²) in [4.78, 5) is 13.3. The Hall–Kier alpha value is -1.90. The van der Waals surface area contributed by atoms with Gasteiger partial charge in [0, 0.05) is 11.1 Å². The highest BCUT2D eigenvalue weighted by Gasteiger charge is 2.32. The average molecular weight is 428 g/mol. The Kier molecular flexibility index (Phi) is 7.91. The summed E-state index contributed by atoms with van der Waals surface area (Å²) in [6, 6.07) is 15.5. The number of carbonyl (C=O) groups excluding carboxylic acids is 1. The Balaban J connectivity index is 1.76. The van der Waals surface area contributed by atoms with Gasteiger partial charge in [0.2, 0.25) is 0 Å². The van der Waals surface area contributed by atoms with Gasteiger partial charge in [-0.15, -0.1) is 0 Å². The van der Waals surface area contributed by atoms with Gasteiger partial charge in [-0.1, -0.05) is 68.7 Å². The molecule has 1 heterocycles. The molecule has 2 unspecified atom stereocenters. The maximum Gasteiger partial charge on any atom is 0.286 e. The fourth-order valence-electron chi connectivity index (χ4n) is 4.28. The second kappa shape index (κ2) is 10.4. The SMILES string of the molecule is CCCC(C[N+](C)(CC)CCC)[P-]OC(=O)C1c2ccccc2Oc2ccccc21. The Morgan fingerprint density at radius 1 is 1.03 bits per heavy atom. The van der Waals surface area contributed by atoms with Gasteiger partial charge in [0.25, 0.3) is 5.97 Å². The molecule has 1 aliphatic heterocycles. The van der Waals surface area contributed by atoms with Crippen LogP contribution in [0, 0.1) is 0 Å². The van der Waals surface area contributed by atoms with Gasteiger partial charge in [0.15, 0.2) is 0 Å². The molecule has 1 aliphatic rings. The van der Waals surface area contributed by atoms with Gasteiger partial charge >= 0.3 is 0 Å². The van der Waals surface area contributed by atoms with Gasteiger partial charge in [-0.05, 0) is 25.5 Å². The molecule has 0 radical (unpaired) electrons. The van der Waals surface area contributed by atoms with E-state index in [9.17, 15) is 4.79 Å². The van der Waals surface area contributed by atoms with E-state index in [2.05, 4.69) is 27.8 Å². The summed E-state index contributed by atoms with van der Waals surface area (Å²) in [5, 5.41) is 0. The van der Waals surface area contributed by atoms with E-state index in [0.29, 0.717) is 5.66 Å². The molecule has 0 spiro atoms. The number of benzene rings is 2. The predicted octanol–water partition coefficient (Wildman–Crippen LogP) is 6.37. The van der Waals surface area contributed by atoms with E-state index in [4.69, 9.17) is 9.26 Å². The van der Waals surface area contributed by atoms with Crippen LogP contribution in [-0.2, 0) is 9.32 Å². The van der Waals surface area contributed by atoms with Crippen LogP contribution in [-0.4, -0.2) is 42.8 Å². The summed E-state index contributed by atoms with van der Waals surface area (Å²) >= 11 is 0. The molecule has 0 N–H and O–H groups in total. The van der Waals surface area contributed by atoms with Crippen LogP contribution in [0.1, 0.15) is 57.1 Å². The van der Waals surface area contributed by atoms with E-state index >= 15 is 0 Å². The third-order valence-electron chi connectivity index (χ3n) is 6.01. The Morgan fingerprint density at radius 2 is 1.63 bits per heavy atom. The Labute approximate surface area is 183 Å². The van der Waals surface area contributed by atoms with Gasteiger partial charge in [-0.2, -0.15) is 0 Å². The van der Waals surface area contributed by atoms with Crippen LogP contribution < -0.4 is 4.74 Å². The molecule has 5 heteroatoms. The van der Waals surface area contributed by atoms with Crippen LogP contribution in [0.25, 0.3) is 0 Å². The lowest BCUT2D eigenvalue weighted by Crippen LogP contribution is -2.48. The van der Waals surface area contributed by atoms with Crippen LogP contribution in [0.3, 0.4) is 0 Å². The van der Waals surface area contributed by atoms with Crippen molar-refractivity contribution < 1.29 is 18.5 Å². The first-order valence-corrected chi connectivity index (χ1v) is 12.0. The van der Waals surface area contributed by atoms with E-state index in [1.807, 2.05) is 48.5 Å². The lowest BCUT2D eigenvalue weighted by atomic mass is 9.88. The molecule has 2 aromatic rings. The molecule has 162 valence electrons.